The third-order valence-electron chi connectivity index (χ3n) is 3.51. The normalized spacial score (nSPS) is 14.7. The van der Waals surface area contributed by atoms with E-state index in [1.807, 2.05) is 0 Å². The summed E-state index contributed by atoms with van der Waals surface area (Å²) in [6, 6.07) is 5.44. The third kappa shape index (κ3) is 3.67. The summed E-state index contributed by atoms with van der Waals surface area (Å²) in [5, 5.41) is 5.42. The van der Waals surface area contributed by atoms with Crippen LogP contribution in [0.4, 0.5) is 30.6 Å². The van der Waals surface area contributed by atoms with Gasteiger partial charge in [-0.2, -0.15) is 18.2 Å². The zero-order valence-corrected chi connectivity index (χ0v) is 13.0. The fourth-order valence-corrected chi connectivity index (χ4v) is 2.42. The third-order valence-corrected chi connectivity index (χ3v) is 3.84. The number of hydrogen-bond donors (Lipinski definition) is 2. The lowest BCUT2D eigenvalue weighted by Gasteiger charge is -2.13. The quantitative estimate of drug-likeness (QED) is 0.837. The SMILES string of the molecule is CNc1nc(Nc2ccc(Cl)c(C(F)(F)F)c2)cc(C2CC2)n1. The van der Waals surface area contributed by atoms with E-state index in [9.17, 15) is 13.2 Å². The van der Waals surface area contributed by atoms with Gasteiger partial charge in [0.2, 0.25) is 5.95 Å². The van der Waals surface area contributed by atoms with Crippen LogP contribution < -0.4 is 10.6 Å². The number of alkyl halides is 3. The van der Waals surface area contributed by atoms with Gasteiger partial charge in [0.25, 0.3) is 0 Å². The molecule has 1 aliphatic rings. The smallest absolute Gasteiger partial charge is 0.357 e. The Kier molecular flexibility index (Phi) is 4.06. The van der Waals surface area contributed by atoms with Crippen LogP contribution in [-0.4, -0.2) is 17.0 Å². The minimum Gasteiger partial charge on any atom is -0.357 e. The maximum absolute atomic E-state index is 12.9. The van der Waals surface area contributed by atoms with Crippen LogP contribution in [0.15, 0.2) is 24.3 Å². The van der Waals surface area contributed by atoms with Gasteiger partial charge in [0.1, 0.15) is 5.82 Å². The van der Waals surface area contributed by atoms with Crippen molar-refractivity contribution >= 4 is 29.1 Å². The molecule has 1 fully saturated rings. The molecule has 0 atom stereocenters. The van der Waals surface area contributed by atoms with Crippen LogP contribution in [0.2, 0.25) is 5.02 Å². The van der Waals surface area contributed by atoms with Gasteiger partial charge in [-0.15, -0.1) is 0 Å². The van der Waals surface area contributed by atoms with Gasteiger partial charge >= 0.3 is 6.18 Å². The summed E-state index contributed by atoms with van der Waals surface area (Å²) in [4.78, 5) is 8.59. The van der Waals surface area contributed by atoms with Gasteiger partial charge in [-0.05, 0) is 31.0 Å². The summed E-state index contributed by atoms with van der Waals surface area (Å²) < 4.78 is 38.7. The molecular formula is C15H14ClF3N4. The van der Waals surface area contributed by atoms with Crippen LogP contribution in [0.5, 0.6) is 0 Å². The Labute approximate surface area is 136 Å². The molecule has 3 rings (SSSR count). The summed E-state index contributed by atoms with van der Waals surface area (Å²) in [5.41, 5.74) is 0.274. The second-order valence-corrected chi connectivity index (χ2v) is 5.75. The first kappa shape index (κ1) is 15.9. The van der Waals surface area contributed by atoms with Crippen molar-refractivity contribution in [3.05, 3.63) is 40.5 Å². The molecule has 0 radical (unpaired) electrons. The molecule has 23 heavy (non-hydrogen) atoms. The molecule has 2 aromatic rings. The maximum Gasteiger partial charge on any atom is 0.417 e. The van der Waals surface area contributed by atoms with E-state index >= 15 is 0 Å². The lowest BCUT2D eigenvalue weighted by atomic mass is 10.2. The van der Waals surface area contributed by atoms with E-state index in [4.69, 9.17) is 11.6 Å². The molecule has 122 valence electrons. The van der Waals surface area contributed by atoms with E-state index in [1.54, 1.807) is 13.1 Å². The number of nitrogens with one attached hydrogen (secondary N) is 2. The van der Waals surface area contributed by atoms with Crippen LogP contribution in [0, 0.1) is 0 Å². The molecule has 1 aromatic carbocycles. The predicted molar refractivity (Wildman–Crippen MR) is 83.3 cm³/mol. The van der Waals surface area contributed by atoms with Crippen LogP contribution in [0.3, 0.4) is 0 Å². The molecule has 0 unspecified atom stereocenters. The van der Waals surface area contributed by atoms with Crippen molar-refractivity contribution < 1.29 is 13.2 Å². The number of aromatic nitrogens is 2. The summed E-state index contributed by atoms with van der Waals surface area (Å²) in [7, 11) is 1.69. The average Bonchev–Trinajstić information content (AvgIpc) is 3.32. The highest BCUT2D eigenvalue weighted by molar-refractivity contribution is 6.31. The number of hydrogen-bond acceptors (Lipinski definition) is 4. The molecule has 2 N–H and O–H groups in total. The lowest BCUT2D eigenvalue weighted by Crippen LogP contribution is -2.07. The molecule has 0 aliphatic heterocycles. The van der Waals surface area contributed by atoms with E-state index in [2.05, 4.69) is 20.6 Å². The van der Waals surface area contributed by atoms with Crippen molar-refractivity contribution in [2.24, 2.45) is 0 Å². The lowest BCUT2D eigenvalue weighted by molar-refractivity contribution is -0.137. The van der Waals surface area contributed by atoms with Crippen molar-refractivity contribution in [1.82, 2.24) is 9.97 Å². The van der Waals surface area contributed by atoms with Gasteiger partial charge in [-0.3, -0.25) is 0 Å². The largest absolute Gasteiger partial charge is 0.417 e. The highest BCUT2D eigenvalue weighted by Gasteiger charge is 2.33. The summed E-state index contributed by atoms with van der Waals surface area (Å²) in [6.07, 6.45) is -2.37. The van der Waals surface area contributed by atoms with E-state index < -0.39 is 11.7 Å². The van der Waals surface area contributed by atoms with Gasteiger partial charge in [-0.25, -0.2) is 4.98 Å². The predicted octanol–water partition coefficient (Wildman–Crippen LogP) is 4.81. The van der Waals surface area contributed by atoms with Crippen molar-refractivity contribution in [2.75, 3.05) is 17.7 Å². The fourth-order valence-electron chi connectivity index (χ4n) is 2.20. The zero-order valence-electron chi connectivity index (χ0n) is 12.2. The van der Waals surface area contributed by atoms with Crippen LogP contribution in [0.1, 0.15) is 30.0 Å². The molecule has 0 spiro atoms. The first-order valence-corrected chi connectivity index (χ1v) is 7.45. The highest BCUT2D eigenvalue weighted by Crippen LogP contribution is 2.40. The summed E-state index contributed by atoms with van der Waals surface area (Å²) >= 11 is 5.62. The van der Waals surface area contributed by atoms with Gasteiger partial charge in [0.05, 0.1) is 16.3 Å². The van der Waals surface area contributed by atoms with Gasteiger partial charge < -0.3 is 10.6 Å². The monoisotopic (exact) mass is 342 g/mol. The Morgan fingerprint density at radius 2 is 1.91 bits per heavy atom. The van der Waals surface area contributed by atoms with Gasteiger partial charge in [0, 0.05) is 24.7 Å². The van der Waals surface area contributed by atoms with Gasteiger partial charge in [-0.1, -0.05) is 11.6 Å². The molecule has 1 aliphatic carbocycles. The molecular weight excluding hydrogens is 329 g/mol. The van der Waals surface area contributed by atoms with Crippen molar-refractivity contribution in [1.29, 1.82) is 0 Å². The van der Waals surface area contributed by atoms with E-state index in [0.717, 1.165) is 24.6 Å². The second-order valence-electron chi connectivity index (χ2n) is 5.34. The van der Waals surface area contributed by atoms with Gasteiger partial charge in [0.15, 0.2) is 0 Å². The van der Waals surface area contributed by atoms with E-state index in [-0.39, 0.29) is 10.7 Å². The van der Waals surface area contributed by atoms with Crippen molar-refractivity contribution in [2.45, 2.75) is 24.9 Å². The Bertz CT molecular complexity index is 729. The molecule has 1 aromatic heterocycles. The summed E-state index contributed by atoms with van der Waals surface area (Å²) in [5.74, 6) is 1.28. The first-order valence-electron chi connectivity index (χ1n) is 7.07. The number of halogens is 4. The number of nitrogens with zero attached hydrogens (tertiary/aromatic N) is 2. The molecule has 0 bridgehead atoms. The van der Waals surface area contributed by atoms with Crippen LogP contribution in [0.25, 0.3) is 0 Å². The molecule has 8 heteroatoms. The van der Waals surface area contributed by atoms with E-state index in [0.29, 0.717) is 17.7 Å². The molecule has 0 amide bonds. The number of benzene rings is 1. The minimum atomic E-state index is -4.50. The molecule has 0 saturated heterocycles. The van der Waals surface area contributed by atoms with Crippen molar-refractivity contribution in [3.8, 4) is 0 Å². The standard InChI is InChI=1S/C15H14ClF3N4/c1-20-14-22-12(8-2-3-8)7-13(23-14)21-9-4-5-11(16)10(6-9)15(17,18)19/h4-8H,2-3H2,1H3,(H2,20,21,22,23). The Hall–Kier alpha value is -2.02. The Morgan fingerprint density at radius 1 is 1.17 bits per heavy atom. The topological polar surface area (TPSA) is 49.8 Å². The number of anilines is 3. The maximum atomic E-state index is 12.9. The molecule has 4 nitrogen and oxygen atoms in total. The fraction of sp³-hybridized carbons (Fsp3) is 0.333. The second kappa shape index (κ2) is 5.88. The van der Waals surface area contributed by atoms with E-state index in [1.165, 1.54) is 12.1 Å². The molecule has 1 saturated carbocycles. The first-order chi connectivity index (χ1) is 10.9. The molecule has 1 heterocycles. The Balaban J connectivity index is 1.91. The zero-order chi connectivity index (χ0) is 16.6. The van der Waals surface area contributed by atoms with Crippen LogP contribution in [-0.2, 0) is 6.18 Å². The van der Waals surface area contributed by atoms with Crippen molar-refractivity contribution in [3.63, 3.8) is 0 Å². The number of rotatable bonds is 4. The average molecular weight is 343 g/mol. The highest BCUT2D eigenvalue weighted by atomic mass is 35.5. The minimum absolute atomic E-state index is 0.268. The Morgan fingerprint density at radius 3 is 2.52 bits per heavy atom. The summed E-state index contributed by atoms with van der Waals surface area (Å²) in [6.45, 7) is 0. The van der Waals surface area contributed by atoms with Crippen LogP contribution >= 0.6 is 11.6 Å².